The second-order valence-corrected chi connectivity index (χ2v) is 9.23. The minimum absolute atomic E-state index is 0.0378. The maximum atomic E-state index is 13.4. The van der Waals surface area contributed by atoms with Gasteiger partial charge in [-0.2, -0.15) is 4.37 Å². The van der Waals surface area contributed by atoms with E-state index in [-0.39, 0.29) is 28.7 Å². The summed E-state index contributed by atoms with van der Waals surface area (Å²) in [6, 6.07) is 3.15. The minimum atomic E-state index is -0.788. The molecular formula is C20H29N5O3S2. The van der Waals surface area contributed by atoms with E-state index in [1.807, 2.05) is 24.4 Å². The molecule has 2 heterocycles. The van der Waals surface area contributed by atoms with Crippen LogP contribution in [0.4, 0.5) is 5.69 Å². The minimum Gasteiger partial charge on any atom is -0.395 e. The van der Waals surface area contributed by atoms with Crippen LogP contribution in [0.25, 0.3) is 0 Å². The van der Waals surface area contributed by atoms with Crippen LogP contribution in [0.5, 0.6) is 0 Å². The molecule has 8 nitrogen and oxygen atoms in total. The van der Waals surface area contributed by atoms with E-state index in [0.717, 1.165) is 29.3 Å². The molecule has 0 fully saturated rings. The normalized spacial score (nSPS) is 12.0. The number of anilines is 1. The Labute approximate surface area is 184 Å². The highest BCUT2D eigenvalue weighted by Crippen LogP contribution is 2.26. The van der Waals surface area contributed by atoms with E-state index < -0.39 is 17.9 Å². The van der Waals surface area contributed by atoms with Crippen LogP contribution in [0.15, 0.2) is 17.5 Å². The molecule has 10 heteroatoms. The zero-order chi connectivity index (χ0) is 22.3. The number of amides is 3. The van der Waals surface area contributed by atoms with Gasteiger partial charge in [-0.3, -0.25) is 14.4 Å². The summed E-state index contributed by atoms with van der Waals surface area (Å²) in [4.78, 5) is 40.5. The van der Waals surface area contributed by atoms with Gasteiger partial charge in [0.25, 0.3) is 11.8 Å². The molecule has 5 N–H and O–H groups in total. The van der Waals surface area contributed by atoms with E-state index in [2.05, 4.69) is 23.5 Å². The van der Waals surface area contributed by atoms with E-state index in [1.54, 1.807) is 0 Å². The van der Waals surface area contributed by atoms with E-state index >= 15 is 0 Å². The highest BCUT2D eigenvalue weighted by atomic mass is 32.1. The lowest BCUT2D eigenvalue weighted by atomic mass is 10.1. The second kappa shape index (κ2) is 11.1. The molecule has 1 atom stereocenters. The molecule has 0 unspecified atom stereocenters. The maximum absolute atomic E-state index is 13.4. The van der Waals surface area contributed by atoms with Crippen molar-refractivity contribution in [1.82, 2.24) is 14.6 Å². The lowest BCUT2D eigenvalue weighted by Crippen LogP contribution is -2.49. The van der Waals surface area contributed by atoms with E-state index in [0.29, 0.717) is 18.9 Å². The third-order valence-electron chi connectivity index (χ3n) is 4.58. The average molecular weight is 452 g/mol. The van der Waals surface area contributed by atoms with Gasteiger partial charge in [0.05, 0.1) is 12.2 Å². The van der Waals surface area contributed by atoms with Crippen LogP contribution in [0, 0.1) is 5.92 Å². The van der Waals surface area contributed by atoms with Crippen molar-refractivity contribution < 1.29 is 14.4 Å². The number of nitrogens with one attached hydrogen (secondary N) is 1. The zero-order valence-electron chi connectivity index (χ0n) is 17.5. The van der Waals surface area contributed by atoms with Crippen LogP contribution in [0.2, 0.25) is 0 Å². The fourth-order valence-electron chi connectivity index (χ4n) is 2.96. The fraction of sp³-hybridized carbons (Fsp3) is 0.500. The Bertz CT molecular complexity index is 864. The Morgan fingerprint density at radius 3 is 2.53 bits per heavy atom. The Kier molecular flexibility index (Phi) is 8.79. The van der Waals surface area contributed by atoms with Crippen molar-refractivity contribution >= 4 is 46.3 Å². The monoisotopic (exact) mass is 451 g/mol. The Morgan fingerprint density at radius 2 is 2.00 bits per heavy atom. The van der Waals surface area contributed by atoms with Crippen molar-refractivity contribution in [3.8, 4) is 0 Å². The predicted octanol–water partition coefficient (Wildman–Crippen LogP) is 2.86. The van der Waals surface area contributed by atoms with Gasteiger partial charge < -0.3 is 21.7 Å². The number of rotatable bonds is 11. The molecule has 0 saturated carbocycles. The van der Waals surface area contributed by atoms with Gasteiger partial charge in [-0.05, 0) is 41.7 Å². The van der Waals surface area contributed by atoms with Crippen molar-refractivity contribution in [2.75, 3.05) is 12.3 Å². The van der Waals surface area contributed by atoms with Crippen LogP contribution in [-0.4, -0.2) is 39.6 Å². The molecule has 0 aliphatic carbocycles. The first kappa shape index (κ1) is 23.8. The van der Waals surface area contributed by atoms with E-state index in [4.69, 9.17) is 11.5 Å². The van der Waals surface area contributed by atoms with Gasteiger partial charge in [0.15, 0.2) is 5.69 Å². The first-order valence-electron chi connectivity index (χ1n) is 9.92. The topological polar surface area (TPSA) is 131 Å². The number of nitrogen functional groups attached to an aromatic ring is 1. The molecule has 3 amide bonds. The molecule has 2 aromatic rings. The summed E-state index contributed by atoms with van der Waals surface area (Å²) in [5.41, 5.74) is 11.1. The van der Waals surface area contributed by atoms with Crippen molar-refractivity contribution in [3.05, 3.63) is 33.0 Å². The molecule has 0 aliphatic rings. The number of nitrogens with zero attached hydrogens (tertiary/aromatic N) is 2. The lowest BCUT2D eigenvalue weighted by Gasteiger charge is -2.30. The molecule has 0 saturated heterocycles. The van der Waals surface area contributed by atoms with Crippen LogP contribution in [0.3, 0.4) is 0 Å². The highest BCUT2D eigenvalue weighted by Gasteiger charge is 2.33. The first-order chi connectivity index (χ1) is 14.3. The molecule has 0 radical (unpaired) electrons. The van der Waals surface area contributed by atoms with Gasteiger partial charge in [0.1, 0.15) is 10.9 Å². The predicted molar refractivity (Wildman–Crippen MR) is 120 cm³/mol. The smallest absolute Gasteiger partial charge is 0.270 e. The molecule has 2 aromatic heterocycles. The fourth-order valence-corrected chi connectivity index (χ4v) is 4.42. The average Bonchev–Trinajstić information content (AvgIpc) is 3.33. The van der Waals surface area contributed by atoms with Gasteiger partial charge in [-0.1, -0.05) is 33.3 Å². The number of thiophene rings is 1. The lowest BCUT2D eigenvalue weighted by molar-refractivity contribution is -0.126. The number of hydrogen-bond acceptors (Lipinski definition) is 7. The van der Waals surface area contributed by atoms with Crippen LogP contribution >= 0.6 is 22.9 Å². The first-order valence-corrected chi connectivity index (χ1v) is 11.6. The standard InChI is InChI=1S/C20H29N5O3S2/c1-4-6-14(19(27)23-9-8-12(2)3)25(11-13-7-5-10-29-13)20(28)17-15(21)16(18(22)26)24-30-17/h5,7,10,12,14H,4,6,8-9,11,21H2,1-3H3,(H2,22,26)(H,23,27)/t14-/m0/s1. The number of primary amides is 1. The summed E-state index contributed by atoms with van der Waals surface area (Å²) in [7, 11) is 0. The Morgan fingerprint density at radius 1 is 1.27 bits per heavy atom. The van der Waals surface area contributed by atoms with Crippen molar-refractivity contribution in [3.63, 3.8) is 0 Å². The van der Waals surface area contributed by atoms with Gasteiger partial charge >= 0.3 is 0 Å². The number of carbonyl (C=O) groups is 3. The summed E-state index contributed by atoms with van der Waals surface area (Å²) < 4.78 is 3.93. The third-order valence-corrected chi connectivity index (χ3v) is 6.30. The Balaban J connectivity index is 2.34. The summed E-state index contributed by atoms with van der Waals surface area (Å²) in [5, 5.41) is 4.87. The third kappa shape index (κ3) is 6.02. The van der Waals surface area contributed by atoms with Crippen LogP contribution < -0.4 is 16.8 Å². The summed E-state index contributed by atoms with van der Waals surface area (Å²) in [6.07, 6.45) is 2.08. The maximum Gasteiger partial charge on any atom is 0.270 e. The van der Waals surface area contributed by atoms with E-state index in [1.165, 1.54) is 16.2 Å². The molecule has 0 aromatic carbocycles. The van der Waals surface area contributed by atoms with Crippen LogP contribution in [-0.2, 0) is 11.3 Å². The molecular weight excluding hydrogens is 422 g/mol. The second-order valence-electron chi connectivity index (χ2n) is 7.43. The molecule has 0 spiro atoms. The summed E-state index contributed by atoms with van der Waals surface area (Å²) in [6.45, 7) is 6.96. The SMILES string of the molecule is CCC[C@@H](C(=O)NCCC(C)C)N(Cc1cccs1)C(=O)c1snc(C(N)=O)c1N. The van der Waals surface area contributed by atoms with Crippen molar-refractivity contribution in [2.45, 2.75) is 52.6 Å². The molecule has 0 bridgehead atoms. The molecule has 2 rings (SSSR count). The number of hydrogen-bond donors (Lipinski definition) is 3. The van der Waals surface area contributed by atoms with E-state index in [9.17, 15) is 14.4 Å². The number of carbonyl (C=O) groups excluding carboxylic acids is 3. The Hall–Kier alpha value is -2.46. The summed E-state index contributed by atoms with van der Waals surface area (Å²) in [5.74, 6) is -0.948. The highest BCUT2D eigenvalue weighted by molar-refractivity contribution is 7.10. The van der Waals surface area contributed by atoms with Crippen molar-refractivity contribution in [2.24, 2.45) is 11.7 Å². The quantitative estimate of drug-likeness (QED) is 0.483. The molecule has 164 valence electrons. The van der Waals surface area contributed by atoms with Gasteiger partial charge in [-0.25, -0.2) is 0 Å². The van der Waals surface area contributed by atoms with Crippen LogP contribution in [0.1, 0.15) is 65.1 Å². The van der Waals surface area contributed by atoms with Crippen molar-refractivity contribution in [1.29, 1.82) is 0 Å². The van der Waals surface area contributed by atoms with Gasteiger partial charge in [-0.15, -0.1) is 11.3 Å². The molecule has 30 heavy (non-hydrogen) atoms. The molecule has 0 aliphatic heterocycles. The largest absolute Gasteiger partial charge is 0.395 e. The zero-order valence-corrected chi connectivity index (χ0v) is 19.1. The number of aromatic nitrogens is 1. The number of nitrogens with two attached hydrogens (primary N) is 2. The summed E-state index contributed by atoms with van der Waals surface area (Å²) >= 11 is 2.33. The van der Waals surface area contributed by atoms with Gasteiger partial charge in [0.2, 0.25) is 5.91 Å². The van der Waals surface area contributed by atoms with Gasteiger partial charge in [0, 0.05) is 11.4 Å².